The molecule has 22 heavy (non-hydrogen) atoms. The summed E-state index contributed by atoms with van der Waals surface area (Å²) in [7, 11) is -3.85. The number of hydrogen-bond acceptors (Lipinski definition) is 5. The van der Waals surface area contributed by atoms with Crippen LogP contribution in [0.3, 0.4) is 0 Å². The van der Waals surface area contributed by atoms with Crippen LogP contribution < -0.4 is 15.8 Å². The van der Waals surface area contributed by atoms with E-state index >= 15 is 0 Å². The first-order valence-corrected chi connectivity index (χ1v) is 8.83. The lowest BCUT2D eigenvalue weighted by Crippen LogP contribution is -2.31. The van der Waals surface area contributed by atoms with Crippen molar-refractivity contribution in [2.45, 2.75) is 43.4 Å². The van der Waals surface area contributed by atoms with Gasteiger partial charge in [-0.25, -0.2) is 22.9 Å². The van der Waals surface area contributed by atoms with Crippen molar-refractivity contribution in [1.82, 2.24) is 10.3 Å². The Kier molecular flexibility index (Phi) is 5.03. The third kappa shape index (κ3) is 4.89. The summed E-state index contributed by atoms with van der Waals surface area (Å²) in [6, 6.07) is 4.41. The zero-order valence-electron chi connectivity index (χ0n) is 12.8. The summed E-state index contributed by atoms with van der Waals surface area (Å²) in [6.07, 6.45) is 0.408. The van der Waals surface area contributed by atoms with Gasteiger partial charge in [-0.15, -0.1) is 0 Å². The van der Waals surface area contributed by atoms with Crippen molar-refractivity contribution in [2.75, 3.05) is 18.4 Å². The topological polar surface area (TPSA) is 97.1 Å². The lowest BCUT2D eigenvalue weighted by molar-refractivity contribution is 0.282. The Bertz CT molecular complexity index is 621. The number of halogens is 1. The van der Waals surface area contributed by atoms with Gasteiger partial charge >= 0.3 is 0 Å². The van der Waals surface area contributed by atoms with Crippen LogP contribution in [0, 0.1) is 5.92 Å². The molecule has 2 heterocycles. The fourth-order valence-electron chi connectivity index (χ4n) is 2.79. The summed E-state index contributed by atoms with van der Waals surface area (Å²) in [4.78, 5) is 3.87. The number of nitrogens with one attached hydrogen (secondary N) is 2. The number of primary sulfonamides is 1. The molecule has 0 bridgehead atoms. The molecule has 0 aliphatic carbocycles. The quantitative estimate of drug-likeness (QED) is 0.729. The van der Waals surface area contributed by atoms with E-state index in [1.54, 1.807) is 6.07 Å². The second-order valence-electron chi connectivity index (χ2n) is 6.45. The SMILES string of the molecule is CC1(C)CC(CC(F)CNc2cccc(S(N)(=O)=O)n2)CN1. The van der Waals surface area contributed by atoms with Gasteiger partial charge in [-0.1, -0.05) is 6.07 Å². The molecule has 2 atom stereocenters. The van der Waals surface area contributed by atoms with Crippen LogP contribution >= 0.6 is 0 Å². The predicted molar refractivity (Wildman–Crippen MR) is 83.8 cm³/mol. The number of pyridine rings is 1. The zero-order chi connectivity index (χ0) is 16.4. The van der Waals surface area contributed by atoms with Crippen molar-refractivity contribution in [3.63, 3.8) is 0 Å². The summed E-state index contributed by atoms with van der Waals surface area (Å²) < 4.78 is 36.5. The van der Waals surface area contributed by atoms with E-state index in [4.69, 9.17) is 5.14 Å². The Hall–Kier alpha value is -1.25. The highest BCUT2D eigenvalue weighted by atomic mass is 32.2. The minimum atomic E-state index is -3.85. The smallest absolute Gasteiger partial charge is 0.255 e. The highest BCUT2D eigenvalue weighted by Crippen LogP contribution is 2.27. The van der Waals surface area contributed by atoms with Crippen LogP contribution in [-0.2, 0) is 10.0 Å². The van der Waals surface area contributed by atoms with Crippen LogP contribution in [0.2, 0.25) is 0 Å². The van der Waals surface area contributed by atoms with Gasteiger partial charge in [-0.05, 0) is 51.3 Å². The number of alkyl halides is 1. The fourth-order valence-corrected chi connectivity index (χ4v) is 3.28. The van der Waals surface area contributed by atoms with E-state index < -0.39 is 16.2 Å². The Morgan fingerprint density at radius 2 is 2.27 bits per heavy atom. The summed E-state index contributed by atoms with van der Waals surface area (Å²) in [5.41, 5.74) is 0.0726. The Balaban J connectivity index is 1.85. The number of nitrogens with two attached hydrogens (primary N) is 1. The lowest BCUT2D eigenvalue weighted by atomic mass is 9.93. The maximum atomic E-state index is 14.1. The first-order chi connectivity index (χ1) is 10.2. The molecule has 2 unspecified atom stereocenters. The molecular formula is C14H23FN4O2S. The molecule has 0 amide bonds. The number of rotatable bonds is 6. The Morgan fingerprint density at radius 3 is 2.86 bits per heavy atom. The highest BCUT2D eigenvalue weighted by Gasteiger charge is 2.31. The van der Waals surface area contributed by atoms with Crippen molar-refractivity contribution >= 4 is 15.8 Å². The molecule has 1 aliphatic heterocycles. The number of anilines is 1. The molecule has 1 aliphatic rings. The van der Waals surface area contributed by atoms with Gasteiger partial charge in [0.25, 0.3) is 10.0 Å². The van der Waals surface area contributed by atoms with Crippen LogP contribution in [0.5, 0.6) is 0 Å². The summed E-state index contributed by atoms with van der Waals surface area (Å²) >= 11 is 0. The first-order valence-electron chi connectivity index (χ1n) is 7.28. The van der Waals surface area contributed by atoms with E-state index in [2.05, 4.69) is 29.5 Å². The minimum absolute atomic E-state index is 0.0726. The molecule has 6 nitrogen and oxygen atoms in total. The summed E-state index contributed by atoms with van der Waals surface area (Å²) in [5.74, 6) is 0.620. The number of hydrogen-bond donors (Lipinski definition) is 3. The molecule has 2 rings (SSSR count). The van der Waals surface area contributed by atoms with Crippen molar-refractivity contribution in [3.8, 4) is 0 Å². The average Bonchev–Trinajstić information content (AvgIpc) is 2.75. The third-order valence-corrected chi connectivity index (χ3v) is 4.59. The van der Waals surface area contributed by atoms with Gasteiger partial charge in [0.1, 0.15) is 12.0 Å². The van der Waals surface area contributed by atoms with E-state index in [1.165, 1.54) is 12.1 Å². The molecule has 1 saturated heterocycles. The zero-order valence-corrected chi connectivity index (χ0v) is 13.7. The van der Waals surface area contributed by atoms with Gasteiger partial charge in [0, 0.05) is 12.1 Å². The number of sulfonamides is 1. The second kappa shape index (κ2) is 6.47. The number of aromatic nitrogens is 1. The molecule has 1 aromatic rings. The van der Waals surface area contributed by atoms with Crippen LogP contribution in [0.1, 0.15) is 26.7 Å². The molecule has 1 aromatic heterocycles. The molecule has 124 valence electrons. The van der Waals surface area contributed by atoms with Crippen LogP contribution in [0.25, 0.3) is 0 Å². The van der Waals surface area contributed by atoms with Crippen molar-refractivity contribution in [2.24, 2.45) is 11.1 Å². The van der Waals surface area contributed by atoms with Crippen LogP contribution in [0.4, 0.5) is 10.2 Å². The van der Waals surface area contributed by atoms with E-state index in [0.29, 0.717) is 18.2 Å². The first kappa shape index (κ1) is 17.1. The van der Waals surface area contributed by atoms with Crippen LogP contribution in [-0.4, -0.2) is 38.2 Å². The van der Waals surface area contributed by atoms with Gasteiger partial charge in [0.05, 0.1) is 0 Å². The Labute approximate surface area is 130 Å². The van der Waals surface area contributed by atoms with Gasteiger partial charge in [-0.2, -0.15) is 0 Å². The maximum absolute atomic E-state index is 14.1. The standard InChI is InChI=1S/C14H23FN4O2S/c1-14(2)7-10(8-18-14)6-11(15)9-17-12-4-3-5-13(19-12)22(16,20)21/h3-5,10-11,18H,6-9H2,1-2H3,(H,17,19)(H2,16,20,21). The summed E-state index contributed by atoms with van der Waals surface area (Å²) in [6.45, 7) is 5.15. The van der Waals surface area contributed by atoms with E-state index in [0.717, 1.165) is 13.0 Å². The third-order valence-electron chi connectivity index (χ3n) is 3.78. The molecule has 0 spiro atoms. The normalized spacial score (nSPS) is 22.5. The molecule has 1 fully saturated rings. The Morgan fingerprint density at radius 1 is 1.55 bits per heavy atom. The van der Waals surface area contributed by atoms with Crippen molar-refractivity contribution < 1.29 is 12.8 Å². The molecular weight excluding hydrogens is 307 g/mol. The largest absolute Gasteiger partial charge is 0.367 e. The molecule has 0 radical (unpaired) electrons. The van der Waals surface area contributed by atoms with E-state index in [9.17, 15) is 12.8 Å². The minimum Gasteiger partial charge on any atom is -0.367 e. The lowest BCUT2D eigenvalue weighted by Gasteiger charge is -2.18. The predicted octanol–water partition coefficient (Wildman–Crippen LogP) is 1.26. The van der Waals surface area contributed by atoms with Gasteiger partial charge < -0.3 is 10.6 Å². The van der Waals surface area contributed by atoms with E-state index in [-0.39, 0.29) is 17.1 Å². The number of nitrogens with zero attached hydrogens (tertiary/aromatic N) is 1. The molecule has 8 heteroatoms. The van der Waals surface area contributed by atoms with E-state index in [1.807, 2.05) is 0 Å². The van der Waals surface area contributed by atoms with Crippen LogP contribution in [0.15, 0.2) is 23.2 Å². The highest BCUT2D eigenvalue weighted by molar-refractivity contribution is 7.89. The maximum Gasteiger partial charge on any atom is 0.255 e. The van der Waals surface area contributed by atoms with Gasteiger partial charge in [0.15, 0.2) is 5.03 Å². The van der Waals surface area contributed by atoms with Gasteiger partial charge in [0.2, 0.25) is 0 Å². The summed E-state index contributed by atoms with van der Waals surface area (Å²) in [5, 5.41) is 11.0. The second-order valence-corrected chi connectivity index (χ2v) is 7.96. The molecule has 4 N–H and O–H groups in total. The molecule has 0 saturated carbocycles. The van der Waals surface area contributed by atoms with Crippen molar-refractivity contribution in [3.05, 3.63) is 18.2 Å². The average molecular weight is 330 g/mol. The monoisotopic (exact) mass is 330 g/mol. The molecule has 0 aromatic carbocycles. The van der Waals surface area contributed by atoms with Gasteiger partial charge in [-0.3, -0.25) is 0 Å². The fraction of sp³-hybridized carbons (Fsp3) is 0.643. The van der Waals surface area contributed by atoms with Crippen molar-refractivity contribution in [1.29, 1.82) is 0 Å².